The lowest BCUT2D eigenvalue weighted by atomic mass is 10.0. The summed E-state index contributed by atoms with van der Waals surface area (Å²) >= 11 is 0. The molecule has 56 heavy (non-hydrogen) atoms. The topological polar surface area (TPSA) is 172 Å². The zero-order valence-corrected chi connectivity index (χ0v) is 36.4. The van der Waals surface area contributed by atoms with Crippen molar-refractivity contribution in [1.29, 1.82) is 0 Å². The van der Waals surface area contributed by atoms with Crippen molar-refractivity contribution in [2.45, 2.75) is 219 Å². The number of carbonyl (C=O) groups is 3. The summed E-state index contributed by atoms with van der Waals surface area (Å²) in [6, 6.07) is -1.52. The first kappa shape index (κ1) is 54.0. The normalized spacial score (nSPS) is 13.9. The number of hydrogen-bond acceptors (Lipinski definition) is 9. The van der Waals surface area contributed by atoms with E-state index in [9.17, 15) is 23.8 Å². The lowest BCUT2D eigenvalue weighted by Gasteiger charge is -2.20. The van der Waals surface area contributed by atoms with Crippen LogP contribution in [0.15, 0.2) is 24.3 Å². The molecule has 0 aromatic heterocycles. The van der Waals surface area contributed by atoms with Gasteiger partial charge in [0.15, 0.2) is 6.10 Å². The maximum Gasteiger partial charge on any atom is 0.472 e. The molecule has 0 radical (unpaired) electrons. The first-order valence-corrected chi connectivity index (χ1v) is 23.9. The van der Waals surface area contributed by atoms with Crippen LogP contribution in [-0.4, -0.2) is 59.9 Å². The number of unbranched alkanes of at least 4 members (excludes halogenated alkanes) is 24. The number of rotatable bonds is 42. The highest BCUT2D eigenvalue weighted by Gasteiger charge is 2.28. The molecule has 4 N–H and O–H groups in total. The van der Waals surface area contributed by atoms with Gasteiger partial charge in [-0.05, 0) is 38.5 Å². The van der Waals surface area contributed by atoms with E-state index < -0.39 is 51.1 Å². The molecule has 0 saturated carbocycles. The van der Waals surface area contributed by atoms with Gasteiger partial charge >= 0.3 is 25.7 Å². The van der Waals surface area contributed by atoms with E-state index in [4.69, 9.17) is 24.8 Å². The summed E-state index contributed by atoms with van der Waals surface area (Å²) in [5.41, 5.74) is 5.33. The molecule has 12 heteroatoms. The Morgan fingerprint density at radius 3 is 1.45 bits per heavy atom. The van der Waals surface area contributed by atoms with Crippen molar-refractivity contribution in [2.24, 2.45) is 5.73 Å². The molecule has 1 unspecified atom stereocenters. The number of ether oxygens (including phenoxy) is 2. The average Bonchev–Trinajstić information content (AvgIpc) is 3.17. The maximum atomic E-state index is 12.6. The van der Waals surface area contributed by atoms with E-state index in [2.05, 4.69) is 42.7 Å². The molecule has 0 bridgehead atoms. The van der Waals surface area contributed by atoms with Gasteiger partial charge < -0.3 is 25.2 Å². The van der Waals surface area contributed by atoms with Crippen LogP contribution in [0.5, 0.6) is 0 Å². The third kappa shape index (κ3) is 38.8. The summed E-state index contributed by atoms with van der Waals surface area (Å²) in [6.07, 6.45) is 40.9. The number of carboxylic acids is 1. The molecule has 0 heterocycles. The Kier molecular flexibility index (Phi) is 38.3. The van der Waals surface area contributed by atoms with Crippen LogP contribution in [0.2, 0.25) is 0 Å². The second kappa shape index (κ2) is 39.8. The Bertz CT molecular complexity index is 1050. The first-order valence-electron chi connectivity index (χ1n) is 22.4. The summed E-state index contributed by atoms with van der Waals surface area (Å²) in [7, 11) is -4.71. The van der Waals surface area contributed by atoms with Crippen LogP contribution < -0.4 is 5.73 Å². The van der Waals surface area contributed by atoms with Crippen LogP contribution in [0.3, 0.4) is 0 Å². The van der Waals surface area contributed by atoms with Crippen molar-refractivity contribution < 1.29 is 47.5 Å². The second-order valence-electron chi connectivity index (χ2n) is 15.2. The average molecular weight is 816 g/mol. The molecule has 0 aliphatic carbocycles. The number of allylic oxidation sites excluding steroid dienone is 4. The number of carbonyl (C=O) groups excluding carboxylic acids is 2. The molecule has 11 nitrogen and oxygen atoms in total. The number of nitrogens with two attached hydrogens (primary N) is 1. The molecule has 3 atom stereocenters. The number of phosphoric ester groups is 1. The fraction of sp³-hybridized carbons (Fsp3) is 0.841. The Balaban J connectivity index is 4.32. The van der Waals surface area contributed by atoms with E-state index >= 15 is 0 Å². The van der Waals surface area contributed by atoms with Crippen LogP contribution in [0.4, 0.5) is 0 Å². The molecule has 0 spiro atoms. The van der Waals surface area contributed by atoms with Crippen molar-refractivity contribution in [1.82, 2.24) is 0 Å². The van der Waals surface area contributed by atoms with Gasteiger partial charge in [-0.15, -0.1) is 0 Å². The minimum atomic E-state index is -4.71. The van der Waals surface area contributed by atoms with Crippen LogP contribution in [0, 0.1) is 0 Å². The van der Waals surface area contributed by atoms with Crippen LogP contribution in [0.25, 0.3) is 0 Å². The summed E-state index contributed by atoms with van der Waals surface area (Å²) < 4.78 is 32.7. The third-order valence-electron chi connectivity index (χ3n) is 9.70. The lowest BCUT2D eigenvalue weighted by molar-refractivity contribution is -0.161. The Morgan fingerprint density at radius 1 is 0.554 bits per heavy atom. The molecule has 0 aliphatic heterocycles. The minimum absolute atomic E-state index is 0.163. The van der Waals surface area contributed by atoms with Gasteiger partial charge in [0.25, 0.3) is 0 Å². The highest BCUT2D eigenvalue weighted by Crippen LogP contribution is 2.43. The Labute approximate surface area is 340 Å². The maximum absolute atomic E-state index is 12.6. The van der Waals surface area contributed by atoms with Gasteiger partial charge in [0.2, 0.25) is 0 Å². The molecule has 0 amide bonds. The van der Waals surface area contributed by atoms with Gasteiger partial charge in [-0.25, -0.2) is 4.57 Å². The summed E-state index contributed by atoms with van der Waals surface area (Å²) in [5, 5.41) is 8.89. The predicted octanol–water partition coefficient (Wildman–Crippen LogP) is 11.8. The van der Waals surface area contributed by atoms with Gasteiger partial charge in [-0.3, -0.25) is 23.4 Å². The quantitative estimate of drug-likeness (QED) is 0.0232. The SMILES string of the molecule is CCCC/C=C/C/C=C/CCCCCCCC(=O)OC[C@H](COP(=O)(O)OC[C@H](N)C(=O)O)OC(=O)CCCCCCCCCCCCCCCCCCCC. The molecule has 0 saturated heterocycles. The molecule has 0 aromatic rings. The third-order valence-corrected chi connectivity index (χ3v) is 10.7. The Morgan fingerprint density at radius 2 is 0.964 bits per heavy atom. The van der Waals surface area contributed by atoms with Crippen molar-refractivity contribution >= 4 is 25.7 Å². The number of carboxylic acid groups (broad SMARTS) is 1. The molecule has 0 fully saturated rings. The fourth-order valence-electron chi connectivity index (χ4n) is 6.14. The molecule has 328 valence electrons. The first-order chi connectivity index (χ1) is 27.1. The van der Waals surface area contributed by atoms with Gasteiger partial charge in [0, 0.05) is 12.8 Å². The summed E-state index contributed by atoms with van der Waals surface area (Å²) in [5.74, 6) is -2.39. The van der Waals surface area contributed by atoms with Gasteiger partial charge in [-0.2, -0.15) is 0 Å². The van der Waals surface area contributed by atoms with Crippen LogP contribution in [-0.2, 0) is 37.5 Å². The van der Waals surface area contributed by atoms with E-state index in [1.165, 1.54) is 103 Å². The number of phosphoric acid groups is 1. The van der Waals surface area contributed by atoms with E-state index in [1.807, 2.05) is 0 Å². The minimum Gasteiger partial charge on any atom is -0.480 e. The molecular formula is C44H82NO10P. The van der Waals surface area contributed by atoms with Crippen LogP contribution in [0.1, 0.15) is 206 Å². The highest BCUT2D eigenvalue weighted by atomic mass is 31.2. The van der Waals surface area contributed by atoms with Crippen LogP contribution >= 0.6 is 7.82 Å². The smallest absolute Gasteiger partial charge is 0.472 e. The fourth-order valence-corrected chi connectivity index (χ4v) is 6.92. The van der Waals surface area contributed by atoms with Crippen molar-refractivity contribution in [3.63, 3.8) is 0 Å². The number of aliphatic carboxylic acids is 1. The molecule has 0 aliphatic rings. The molecule has 0 rings (SSSR count). The summed E-state index contributed by atoms with van der Waals surface area (Å²) in [4.78, 5) is 46.0. The van der Waals surface area contributed by atoms with Gasteiger partial charge in [-0.1, -0.05) is 179 Å². The summed E-state index contributed by atoms with van der Waals surface area (Å²) in [6.45, 7) is 2.77. The van der Waals surface area contributed by atoms with E-state index in [0.717, 1.165) is 64.2 Å². The lowest BCUT2D eigenvalue weighted by Crippen LogP contribution is -2.34. The monoisotopic (exact) mass is 816 g/mol. The molecular weight excluding hydrogens is 733 g/mol. The van der Waals surface area contributed by atoms with E-state index in [0.29, 0.717) is 12.8 Å². The number of esters is 2. The standard InChI is InChI=1S/C44H82NO10P/c1-3-5-7-9-11-13-15-17-19-20-21-22-24-26-28-30-32-34-36-43(47)55-40(38-53-56(50,51)54-39-41(45)44(48)49)37-52-42(46)35-33-31-29-27-25-23-18-16-14-12-10-8-6-4-2/h10,12,16,18,40-41H,3-9,11,13-15,17,19-39,45H2,1-2H3,(H,48,49)(H,50,51)/b12-10+,18-16+/t40-,41+/m1/s1. The van der Waals surface area contributed by atoms with E-state index in [-0.39, 0.29) is 19.4 Å². The van der Waals surface area contributed by atoms with Crippen molar-refractivity contribution in [3.8, 4) is 0 Å². The largest absolute Gasteiger partial charge is 0.480 e. The van der Waals surface area contributed by atoms with Gasteiger partial charge in [0.05, 0.1) is 13.2 Å². The van der Waals surface area contributed by atoms with E-state index in [1.54, 1.807) is 0 Å². The van der Waals surface area contributed by atoms with Gasteiger partial charge in [0.1, 0.15) is 12.6 Å². The molecule has 0 aromatic carbocycles. The van der Waals surface area contributed by atoms with Crippen molar-refractivity contribution in [3.05, 3.63) is 24.3 Å². The zero-order chi connectivity index (χ0) is 41.4. The predicted molar refractivity (Wildman–Crippen MR) is 226 cm³/mol. The highest BCUT2D eigenvalue weighted by molar-refractivity contribution is 7.47. The second-order valence-corrected chi connectivity index (χ2v) is 16.6. The zero-order valence-electron chi connectivity index (χ0n) is 35.5. The van der Waals surface area contributed by atoms with Crippen molar-refractivity contribution in [2.75, 3.05) is 19.8 Å². The Hall–Kier alpha value is -2.04. The number of hydrogen-bond donors (Lipinski definition) is 3.